The van der Waals surface area contributed by atoms with Crippen LogP contribution in [0.5, 0.6) is 5.75 Å². The number of amides is 4. The van der Waals surface area contributed by atoms with Gasteiger partial charge in [0.2, 0.25) is 11.8 Å². The molecule has 1 saturated heterocycles. The van der Waals surface area contributed by atoms with Gasteiger partial charge in [-0.1, -0.05) is 39.8 Å². The normalized spacial score (nSPS) is 18.4. The predicted octanol–water partition coefficient (Wildman–Crippen LogP) is 6.02. The first kappa shape index (κ1) is 40.8. The number of hydrogen-bond acceptors (Lipinski definition) is 10. The average Bonchev–Trinajstić information content (AvgIpc) is 4.06. The summed E-state index contributed by atoms with van der Waals surface area (Å²) >= 11 is 0. The minimum atomic E-state index is -0.774. The number of nitrogens with zero attached hydrogens (tertiary/aromatic N) is 4. The molecular formula is C42H50FN9O7. The molecule has 0 radical (unpaired) electrons. The first-order valence-corrected chi connectivity index (χ1v) is 19.8. The molecule has 3 aliphatic heterocycles. The molecule has 4 atom stereocenters. The smallest absolute Gasteiger partial charge is 0.407 e. The van der Waals surface area contributed by atoms with Crippen molar-refractivity contribution in [2.24, 2.45) is 11.8 Å². The van der Waals surface area contributed by atoms with Gasteiger partial charge in [0, 0.05) is 24.3 Å². The Morgan fingerprint density at radius 1 is 0.881 bits per heavy atom. The number of rotatable bonds is 11. The van der Waals surface area contributed by atoms with E-state index < -0.39 is 36.1 Å². The van der Waals surface area contributed by atoms with Gasteiger partial charge in [-0.25, -0.2) is 23.9 Å². The van der Waals surface area contributed by atoms with Crippen LogP contribution < -0.4 is 16.0 Å². The molecule has 0 saturated carbocycles. The van der Waals surface area contributed by atoms with Gasteiger partial charge in [-0.2, -0.15) is 0 Å². The van der Waals surface area contributed by atoms with E-state index in [0.29, 0.717) is 61.0 Å². The Morgan fingerprint density at radius 3 is 2.24 bits per heavy atom. The Morgan fingerprint density at radius 2 is 1.56 bits per heavy atom. The lowest BCUT2D eigenvalue weighted by Gasteiger charge is -2.30. The van der Waals surface area contributed by atoms with Crippen molar-refractivity contribution in [2.75, 3.05) is 32.6 Å². The lowest BCUT2D eigenvalue weighted by Crippen LogP contribution is -2.51. The highest BCUT2D eigenvalue weighted by Gasteiger charge is 2.38. The average molecular weight is 812 g/mol. The highest BCUT2D eigenvalue weighted by Crippen LogP contribution is 2.42. The number of methoxy groups -OCH3 is 2. The summed E-state index contributed by atoms with van der Waals surface area (Å²) in [5, 5.41) is 19.9. The molecule has 2 aromatic carbocycles. The number of halogens is 1. The number of aromatic nitrogens is 4. The van der Waals surface area contributed by atoms with E-state index in [4.69, 9.17) is 9.47 Å². The zero-order chi connectivity index (χ0) is 42.1. The molecule has 0 aliphatic carbocycles. The van der Waals surface area contributed by atoms with Gasteiger partial charge in [0.15, 0.2) is 5.82 Å². The molecule has 59 heavy (non-hydrogen) atoms. The van der Waals surface area contributed by atoms with Gasteiger partial charge in [0.25, 0.3) is 0 Å². The highest BCUT2D eigenvalue weighted by molar-refractivity contribution is 5.93. The number of aromatic hydroxyl groups is 1. The Labute approximate surface area is 341 Å². The summed E-state index contributed by atoms with van der Waals surface area (Å²) in [6.45, 7) is 8.35. The number of imidazole rings is 2. The molecule has 6 N–H and O–H groups in total. The number of carbonyl (C=O) groups excluding carboxylic acids is 4. The Hall–Kier alpha value is -6.39. The van der Waals surface area contributed by atoms with Crippen molar-refractivity contribution in [3.63, 3.8) is 0 Å². The zero-order valence-corrected chi connectivity index (χ0v) is 33.9. The Balaban J connectivity index is 1.04. The maximum Gasteiger partial charge on any atom is 0.407 e. The molecule has 0 bridgehead atoms. The standard InChI is InChI=1S/C42H50FN9O7/c1-21(2)35(49-41(56)58-5)39(54)51-13-7-9-31(51)37-44-19-29(47-37)23-11-12-27-24(15-23)17-28(46-27)34-26(43)16-25(18-33(34)53)30-20-45-38(48-30)32-10-8-14-52(32)40(55)36(22(3)4)50-42(57)59-6/h9,11-12,15-16,18-22,28,32,35-36,46,53H,7-8,10,13-14,17H2,1-6H3,(H,44,47)(H,45,48)(H,49,56)(H,50,57)/t28?,32-,35-,36-/m0/s1. The van der Waals surface area contributed by atoms with E-state index in [1.54, 1.807) is 22.2 Å². The van der Waals surface area contributed by atoms with Crippen molar-refractivity contribution in [3.8, 4) is 28.3 Å². The zero-order valence-electron chi connectivity index (χ0n) is 33.9. The van der Waals surface area contributed by atoms with Crippen molar-refractivity contribution >= 4 is 35.4 Å². The third-order valence-corrected chi connectivity index (χ3v) is 11.2. The van der Waals surface area contributed by atoms with Crippen LogP contribution in [0.2, 0.25) is 0 Å². The second-order valence-electron chi connectivity index (χ2n) is 15.8. The van der Waals surface area contributed by atoms with Crippen molar-refractivity contribution in [3.05, 3.63) is 77.4 Å². The van der Waals surface area contributed by atoms with Crippen LogP contribution in [0.1, 0.15) is 81.8 Å². The molecule has 17 heteroatoms. The third kappa shape index (κ3) is 8.18. The molecule has 3 aliphatic rings. The number of fused-ring (bicyclic) bond motifs is 1. The Bertz CT molecular complexity index is 2260. The quantitative estimate of drug-likeness (QED) is 0.104. The first-order valence-electron chi connectivity index (χ1n) is 19.8. The summed E-state index contributed by atoms with van der Waals surface area (Å²) in [6, 6.07) is 6.22. The van der Waals surface area contributed by atoms with Crippen molar-refractivity contribution in [2.45, 2.75) is 77.5 Å². The maximum atomic E-state index is 16.0. The van der Waals surface area contributed by atoms with Crippen LogP contribution in [0.3, 0.4) is 0 Å². The summed E-state index contributed by atoms with van der Waals surface area (Å²) in [5.74, 6) is -0.594. The van der Waals surface area contributed by atoms with E-state index in [1.807, 2.05) is 52.0 Å². The van der Waals surface area contributed by atoms with Crippen LogP contribution in [0.25, 0.3) is 28.2 Å². The number of benzene rings is 2. The van der Waals surface area contributed by atoms with Gasteiger partial charge in [0.05, 0.1) is 61.3 Å². The number of alkyl carbamates (subject to hydrolysis) is 2. The van der Waals surface area contributed by atoms with E-state index in [9.17, 15) is 24.3 Å². The SMILES string of the molecule is COC(=O)N[C@H](C(=O)N1CCC=C1c1ncc(-c2ccc3c(c2)CC(c2c(O)cc(-c4cnc([C@@H]5CCCN5C(=O)[C@@H](NC(=O)OC)C(C)C)[nH]4)cc2F)N3)[nH]1)C(C)C. The molecule has 4 amide bonds. The molecule has 5 heterocycles. The van der Waals surface area contributed by atoms with Crippen molar-refractivity contribution in [1.29, 1.82) is 0 Å². The van der Waals surface area contributed by atoms with Crippen molar-refractivity contribution in [1.82, 2.24) is 40.4 Å². The topological polar surface area (TPSA) is 207 Å². The van der Waals surface area contributed by atoms with E-state index in [-0.39, 0.29) is 41.0 Å². The summed E-state index contributed by atoms with van der Waals surface area (Å²) in [4.78, 5) is 70.1. The van der Waals surface area contributed by atoms with Crippen LogP contribution in [0.15, 0.2) is 48.8 Å². The second-order valence-corrected chi connectivity index (χ2v) is 15.8. The van der Waals surface area contributed by atoms with Gasteiger partial charge in [-0.3, -0.25) is 9.59 Å². The van der Waals surface area contributed by atoms with Crippen LogP contribution in [0, 0.1) is 17.7 Å². The fraction of sp³-hybridized carbons (Fsp3) is 0.429. The molecule has 0 spiro atoms. The number of H-pyrrole nitrogens is 2. The van der Waals surface area contributed by atoms with Crippen LogP contribution in [-0.2, 0) is 25.5 Å². The van der Waals surface area contributed by atoms with Gasteiger partial charge in [0.1, 0.15) is 29.5 Å². The molecule has 1 fully saturated rings. The lowest BCUT2D eigenvalue weighted by molar-refractivity contribution is -0.135. The molecule has 7 rings (SSSR count). The largest absolute Gasteiger partial charge is 0.507 e. The van der Waals surface area contributed by atoms with Gasteiger partial charge >= 0.3 is 12.2 Å². The number of hydrogen-bond donors (Lipinski definition) is 6. The summed E-state index contributed by atoms with van der Waals surface area (Å²) in [6.07, 6.45) is 6.29. The number of nitrogens with one attached hydrogen (secondary N) is 5. The number of carbonyl (C=O) groups is 4. The van der Waals surface area contributed by atoms with E-state index >= 15 is 4.39 Å². The van der Waals surface area contributed by atoms with E-state index in [2.05, 4.69) is 35.9 Å². The number of phenols is 1. The highest BCUT2D eigenvalue weighted by atomic mass is 19.1. The molecule has 1 unspecified atom stereocenters. The molecule has 312 valence electrons. The summed E-state index contributed by atoms with van der Waals surface area (Å²) in [7, 11) is 2.51. The number of phenolic OH excluding ortho intramolecular Hbond substituents is 1. The Kier molecular flexibility index (Phi) is 11.6. The molecule has 4 aromatic rings. The lowest BCUT2D eigenvalue weighted by atomic mass is 9.98. The number of anilines is 1. The summed E-state index contributed by atoms with van der Waals surface area (Å²) < 4.78 is 25.5. The minimum Gasteiger partial charge on any atom is -0.507 e. The number of likely N-dealkylation sites (tertiary alicyclic amines) is 1. The van der Waals surface area contributed by atoms with Gasteiger partial charge in [-0.05, 0) is 72.9 Å². The van der Waals surface area contributed by atoms with E-state index in [1.165, 1.54) is 26.4 Å². The molecular weight excluding hydrogens is 762 g/mol. The molecule has 2 aromatic heterocycles. The molecule has 16 nitrogen and oxygen atoms in total. The minimum absolute atomic E-state index is 0.139. The van der Waals surface area contributed by atoms with Crippen LogP contribution in [0.4, 0.5) is 19.7 Å². The van der Waals surface area contributed by atoms with Gasteiger partial charge in [-0.15, -0.1) is 0 Å². The monoisotopic (exact) mass is 811 g/mol. The number of ether oxygens (including phenoxy) is 2. The fourth-order valence-corrected chi connectivity index (χ4v) is 8.13. The van der Waals surface area contributed by atoms with Crippen LogP contribution >= 0.6 is 0 Å². The van der Waals surface area contributed by atoms with Crippen molar-refractivity contribution < 1.29 is 38.1 Å². The fourth-order valence-electron chi connectivity index (χ4n) is 8.13. The third-order valence-electron chi connectivity index (χ3n) is 11.2. The summed E-state index contributed by atoms with van der Waals surface area (Å²) in [5.41, 5.74) is 4.94. The van der Waals surface area contributed by atoms with Crippen LogP contribution in [-0.4, -0.2) is 98.2 Å². The second kappa shape index (κ2) is 16.8. The first-order chi connectivity index (χ1) is 28.3. The van der Waals surface area contributed by atoms with E-state index in [0.717, 1.165) is 28.9 Å². The van der Waals surface area contributed by atoms with Gasteiger partial charge < -0.3 is 50.3 Å². The number of aromatic amines is 2. The predicted molar refractivity (Wildman–Crippen MR) is 216 cm³/mol. The maximum absolute atomic E-state index is 16.0.